The maximum atomic E-state index is 13.6. The molecule has 2 rings (SSSR count). The summed E-state index contributed by atoms with van der Waals surface area (Å²) in [6.07, 6.45) is 0. The molecule has 1 atom stereocenters. The highest BCUT2D eigenvalue weighted by Gasteiger charge is 2.14. The Balaban J connectivity index is 2.12. The Labute approximate surface area is 122 Å². The number of benzene rings is 1. The Morgan fingerprint density at radius 2 is 2.10 bits per heavy atom. The number of nitrogens with two attached hydrogens (primary N) is 1. The third kappa shape index (κ3) is 3.55. The number of rotatable bonds is 4. The molecule has 2 aromatic rings. The number of nitrogen functional groups attached to an aromatic ring is 1. The van der Waals surface area contributed by atoms with Gasteiger partial charge in [0.15, 0.2) is 0 Å². The molecule has 0 radical (unpaired) electrons. The number of nitrogens with zero attached hydrogens (tertiary/aromatic N) is 1. The van der Waals surface area contributed by atoms with Crippen molar-refractivity contribution in [2.75, 3.05) is 5.43 Å². The van der Waals surface area contributed by atoms with Crippen LogP contribution in [0.25, 0.3) is 0 Å². The molecule has 0 fully saturated rings. The van der Waals surface area contributed by atoms with Crippen molar-refractivity contribution >= 4 is 11.7 Å². The largest absolute Gasteiger partial charge is 0.344 e. The summed E-state index contributed by atoms with van der Waals surface area (Å²) < 4.78 is 13.6. The monoisotopic (exact) mass is 288 g/mol. The molecule has 6 heteroatoms. The topological polar surface area (TPSA) is 80.0 Å². The number of hydrogen-bond donors (Lipinski definition) is 3. The summed E-state index contributed by atoms with van der Waals surface area (Å²) in [4.78, 5) is 16.2. The van der Waals surface area contributed by atoms with E-state index >= 15 is 0 Å². The number of nitrogens with one attached hydrogen (secondary N) is 2. The van der Waals surface area contributed by atoms with E-state index < -0.39 is 0 Å². The minimum Gasteiger partial charge on any atom is -0.344 e. The van der Waals surface area contributed by atoms with Crippen molar-refractivity contribution in [3.63, 3.8) is 0 Å². The van der Waals surface area contributed by atoms with Gasteiger partial charge in [0.2, 0.25) is 0 Å². The van der Waals surface area contributed by atoms with E-state index in [-0.39, 0.29) is 23.5 Å². The lowest BCUT2D eigenvalue weighted by Gasteiger charge is -2.15. The summed E-state index contributed by atoms with van der Waals surface area (Å²) in [6, 6.07) is 9.47. The number of hydrazine groups is 1. The molecule has 1 heterocycles. The molecular weight excluding hydrogens is 271 g/mol. The SMILES string of the molecule is Cc1ccc(C(C)NC(=O)c2cccc(NN)n2)cc1F. The highest BCUT2D eigenvalue weighted by Crippen LogP contribution is 2.16. The van der Waals surface area contributed by atoms with Crippen molar-refractivity contribution in [1.82, 2.24) is 10.3 Å². The van der Waals surface area contributed by atoms with Crippen LogP contribution in [0.1, 0.15) is 34.6 Å². The number of pyridine rings is 1. The van der Waals surface area contributed by atoms with Crippen LogP contribution in [0.2, 0.25) is 0 Å². The molecule has 0 spiro atoms. The predicted octanol–water partition coefficient (Wildman–Crippen LogP) is 2.31. The first-order valence-corrected chi connectivity index (χ1v) is 6.52. The zero-order valence-corrected chi connectivity index (χ0v) is 11.9. The van der Waals surface area contributed by atoms with E-state index in [1.165, 1.54) is 6.07 Å². The summed E-state index contributed by atoms with van der Waals surface area (Å²) in [7, 11) is 0. The number of anilines is 1. The van der Waals surface area contributed by atoms with Gasteiger partial charge >= 0.3 is 0 Å². The first-order valence-electron chi connectivity index (χ1n) is 6.52. The van der Waals surface area contributed by atoms with Crippen molar-refractivity contribution in [2.45, 2.75) is 19.9 Å². The fourth-order valence-corrected chi connectivity index (χ4v) is 1.87. The van der Waals surface area contributed by atoms with E-state index in [1.807, 2.05) is 0 Å². The van der Waals surface area contributed by atoms with Gasteiger partial charge in [-0.25, -0.2) is 15.2 Å². The first-order chi connectivity index (χ1) is 10.0. The standard InChI is InChI=1S/C15H17FN4O/c1-9-6-7-11(8-12(9)16)10(2)18-15(21)13-4-3-5-14(19-13)20-17/h3-8,10H,17H2,1-2H3,(H,18,21)(H,19,20). The van der Waals surface area contributed by atoms with Gasteiger partial charge < -0.3 is 10.7 Å². The zero-order valence-electron chi connectivity index (χ0n) is 11.9. The van der Waals surface area contributed by atoms with E-state index in [2.05, 4.69) is 15.7 Å². The number of carbonyl (C=O) groups excluding carboxylic acids is 1. The number of aromatic nitrogens is 1. The van der Waals surface area contributed by atoms with Crippen LogP contribution in [0.15, 0.2) is 36.4 Å². The van der Waals surface area contributed by atoms with E-state index in [0.717, 1.165) is 0 Å². The Morgan fingerprint density at radius 3 is 2.76 bits per heavy atom. The van der Waals surface area contributed by atoms with Crippen LogP contribution < -0.4 is 16.6 Å². The molecule has 5 nitrogen and oxygen atoms in total. The van der Waals surface area contributed by atoms with Gasteiger partial charge in [0.25, 0.3) is 5.91 Å². The predicted molar refractivity (Wildman–Crippen MR) is 79.1 cm³/mol. The fourth-order valence-electron chi connectivity index (χ4n) is 1.87. The molecule has 1 aromatic carbocycles. The van der Waals surface area contributed by atoms with E-state index in [4.69, 9.17) is 5.84 Å². The summed E-state index contributed by atoms with van der Waals surface area (Å²) in [5.74, 6) is 5.02. The normalized spacial score (nSPS) is 11.8. The highest BCUT2D eigenvalue weighted by atomic mass is 19.1. The van der Waals surface area contributed by atoms with Gasteiger partial charge in [0.05, 0.1) is 6.04 Å². The molecule has 0 aliphatic rings. The zero-order chi connectivity index (χ0) is 15.4. The lowest BCUT2D eigenvalue weighted by molar-refractivity contribution is 0.0935. The minimum atomic E-state index is -0.347. The number of amides is 1. The van der Waals surface area contributed by atoms with Gasteiger partial charge in [0.1, 0.15) is 17.3 Å². The second kappa shape index (κ2) is 6.32. The molecule has 21 heavy (non-hydrogen) atoms. The second-order valence-corrected chi connectivity index (χ2v) is 4.76. The van der Waals surface area contributed by atoms with Gasteiger partial charge in [-0.3, -0.25) is 4.79 Å². The fraction of sp³-hybridized carbons (Fsp3) is 0.200. The average molecular weight is 288 g/mol. The van der Waals surface area contributed by atoms with Gasteiger partial charge in [0, 0.05) is 0 Å². The molecule has 0 saturated heterocycles. The molecule has 1 aromatic heterocycles. The minimum absolute atomic E-state index is 0.241. The number of aryl methyl sites for hydroxylation is 1. The smallest absolute Gasteiger partial charge is 0.270 e. The second-order valence-electron chi connectivity index (χ2n) is 4.76. The summed E-state index contributed by atoms with van der Waals surface area (Å²) >= 11 is 0. The molecule has 1 amide bonds. The van der Waals surface area contributed by atoms with E-state index in [1.54, 1.807) is 44.2 Å². The Morgan fingerprint density at radius 1 is 1.33 bits per heavy atom. The lowest BCUT2D eigenvalue weighted by Crippen LogP contribution is -2.27. The summed E-state index contributed by atoms with van der Waals surface area (Å²) in [5.41, 5.74) is 3.88. The van der Waals surface area contributed by atoms with Gasteiger partial charge in [-0.2, -0.15) is 0 Å². The van der Waals surface area contributed by atoms with Crippen molar-refractivity contribution in [3.05, 3.63) is 59.0 Å². The Hall–Kier alpha value is -2.47. The molecule has 0 bridgehead atoms. The van der Waals surface area contributed by atoms with Crippen molar-refractivity contribution in [2.24, 2.45) is 5.84 Å². The molecule has 110 valence electrons. The first kappa shape index (κ1) is 14.9. The van der Waals surface area contributed by atoms with Crippen LogP contribution >= 0.6 is 0 Å². The van der Waals surface area contributed by atoms with Crippen LogP contribution in [0, 0.1) is 12.7 Å². The van der Waals surface area contributed by atoms with Crippen LogP contribution in [0.3, 0.4) is 0 Å². The quantitative estimate of drug-likeness (QED) is 0.596. The Kier molecular flexibility index (Phi) is 4.49. The Bertz CT molecular complexity index is 660. The highest BCUT2D eigenvalue weighted by molar-refractivity contribution is 5.92. The number of carbonyl (C=O) groups is 1. The summed E-state index contributed by atoms with van der Waals surface area (Å²) in [5, 5.41) is 2.77. The van der Waals surface area contributed by atoms with Crippen LogP contribution in [0.5, 0.6) is 0 Å². The van der Waals surface area contributed by atoms with Crippen LogP contribution in [-0.4, -0.2) is 10.9 Å². The molecule has 4 N–H and O–H groups in total. The number of halogens is 1. The van der Waals surface area contributed by atoms with Crippen molar-refractivity contribution in [3.8, 4) is 0 Å². The van der Waals surface area contributed by atoms with E-state index in [0.29, 0.717) is 16.9 Å². The average Bonchev–Trinajstić information content (AvgIpc) is 2.49. The van der Waals surface area contributed by atoms with Crippen molar-refractivity contribution in [1.29, 1.82) is 0 Å². The van der Waals surface area contributed by atoms with Gasteiger partial charge in [-0.1, -0.05) is 18.2 Å². The lowest BCUT2D eigenvalue weighted by atomic mass is 10.1. The molecular formula is C15H17FN4O. The third-order valence-corrected chi connectivity index (χ3v) is 3.17. The molecule has 0 saturated carbocycles. The number of hydrogen-bond acceptors (Lipinski definition) is 4. The maximum Gasteiger partial charge on any atom is 0.270 e. The molecule has 0 aliphatic carbocycles. The van der Waals surface area contributed by atoms with Crippen LogP contribution in [-0.2, 0) is 0 Å². The summed E-state index contributed by atoms with van der Waals surface area (Å²) in [6.45, 7) is 3.48. The maximum absolute atomic E-state index is 13.6. The van der Waals surface area contributed by atoms with Crippen LogP contribution in [0.4, 0.5) is 10.2 Å². The molecule has 0 aliphatic heterocycles. The van der Waals surface area contributed by atoms with Gasteiger partial charge in [-0.05, 0) is 43.2 Å². The van der Waals surface area contributed by atoms with Crippen molar-refractivity contribution < 1.29 is 9.18 Å². The van der Waals surface area contributed by atoms with E-state index in [9.17, 15) is 9.18 Å². The third-order valence-electron chi connectivity index (χ3n) is 3.17. The van der Waals surface area contributed by atoms with Gasteiger partial charge in [-0.15, -0.1) is 0 Å². The molecule has 1 unspecified atom stereocenters.